The molecule has 2 aromatic carbocycles. The Morgan fingerprint density at radius 1 is 0.905 bits per heavy atom. The number of aryl methyl sites for hydroxylation is 2. The molecule has 1 aliphatic carbocycles. The smallest absolute Gasteiger partial charge is 0.126 e. The summed E-state index contributed by atoms with van der Waals surface area (Å²) >= 11 is 0. The number of fused-ring (bicyclic) bond motifs is 2. The van der Waals surface area contributed by atoms with E-state index in [1.54, 1.807) is 0 Å². The van der Waals surface area contributed by atoms with Crippen LogP contribution in [0.3, 0.4) is 0 Å². The van der Waals surface area contributed by atoms with Crippen LogP contribution in [0.15, 0.2) is 54.6 Å². The van der Waals surface area contributed by atoms with Crippen LogP contribution in [0.4, 0.5) is 5.82 Å². The monoisotopic (exact) mass is 274 g/mol. The quantitative estimate of drug-likeness (QED) is 0.768. The number of aromatic nitrogens is 1. The maximum atomic E-state index is 4.74. The second kappa shape index (κ2) is 5.21. The van der Waals surface area contributed by atoms with Crippen LogP contribution >= 0.6 is 0 Å². The second-order valence-electron chi connectivity index (χ2n) is 5.65. The summed E-state index contributed by atoms with van der Waals surface area (Å²) in [5.41, 5.74) is 4.01. The average molecular weight is 274 g/mol. The van der Waals surface area contributed by atoms with E-state index < -0.39 is 0 Å². The molecular formula is C19H18N2. The lowest BCUT2D eigenvalue weighted by atomic mass is 10.0. The van der Waals surface area contributed by atoms with Crippen LogP contribution in [0.2, 0.25) is 0 Å². The molecule has 0 atom stereocenters. The molecule has 0 amide bonds. The van der Waals surface area contributed by atoms with Gasteiger partial charge in [0.05, 0.1) is 0 Å². The Labute approximate surface area is 124 Å². The Hall–Kier alpha value is -2.35. The summed E-state index contributed by atoms with van der Waals surface area (Å²) in [6.07, 6.45) is 3.56. The van der Waals surface area contributed by atoms with Crippen molar-refractivity contribution >= 4 is 16.6 Å². The van der Waals surface area contributed by atoms with Gasteiger partial charge in [-0.05, 0) is 47.2 Å². The SMILES string of the molecule is c1ccc2c(CNc3ccc4c(n3)CCC4)cccc2c1. The van der Waals surface area contributed by atoms with Gasteiger partial charge in [-0.25, -0.2) is 4.98 Å². The van der Waals surface area contributed by atoms with Crippen molar-refractivity contribution in [1.82, 2.24) is 4.98 Å². The van der Waals surface area contributed by atoms with E-state index in [4.69, 9.17) is 4.98 Å². The van der Waals surface area contributed by atoms with E-state index in [1.807, 2.05) is 0 Å². The van der Waals surface area contributed by atoms with Crippen molar-refractivity contribution in [3.05, 3.63) is 71.4 Å². The molecule has 0 bridgehead atoms. The molecule has 1 aliphatic rings. The minimum absolute atomic E-state index is 0.813. The summed E-state index contributed by atoms with van der Waals surface area (Å²) < 4.78 is 0. The number of hydrogen-bond donors (Lipinski definition) is 1. The molecule has 0 saturated carbocycles. The van der Waals surface area contributed by atoms with Gasteiger partial charge in [-0.3, -0.25) is 0 Å². The highest BCUT2D eigenvalue weighted by Gasteiger charge is 2.12. The summed E-state index contributed by atoms with van der Waals surface area (Å²) in [4.78, 5) is 4.74. The Kier molecular flexibility index (Phi) is 3.07. The fourth-order valence-electron chi connectivity index (χ4n) is 3.15. The predicted octanol–water partition coefficient (Wildman–Crippen LogP) is 4.34. The van der Waals surface area contributed by atoms with Crippen LogP contribution in [-0.4, -0.2) is 4.98 Å². The summed E-state index contributed by atoms with van der Waals surface area (Å²) in [5.74, 6) is 0.989. The summed E-state index contributed by atoms with van der Waals surface area (Å²) in [6.45, 7) is 0.813. The number of hydrogen-bond acceptors (Lipinski definition) is 2. The zero-order valence-electron chi connectivity index (χ0n) is 12.0. The van der Waals surface area contributed by atoms with E-state index in [1.165, 1.54) is 40.4 Å². The molecule has 1 aromatic heterocycles. The molecule has 0 aliphatic heterocycles. The molecule has 2 nitrogen and oxygen atoms in total. The van der Waals surface area contributed by atoms with Crippen LogP contribution < -0.4 is 5.32 Å². The van der Waals surface area contributed by atoms with Crippen molar-refractivity contribution < 1.29 is 0 Å². The molecular weight excluding hydrogens is 256 g/mol. The molecule has 0 fully saturated rings. The van der Waals surface area contributed by atoms with Crippen LogP contribution in [0.25, 0.3) is 10.8 Å². The van der Waals surface area contributed by atoms with Gasteiger partial charge in [0, 0.05) is 12.2 Å². The van der Waals surface area contributed by atoms with Gasteiger partial charge in [-0.15, -0.1) is 0 Å². The van der Waals surface area contributed by atoms with E-state index in [9.17, 15) is 0 Å². The third-order valence-corrected chi connectivity index (χ3v) is 4.27. The van der Waals surface area contributed by atoms with Crippen LogP contribution in [-0.2, 0) is 19.4 Å². The van der Waals surface area contributed by atoms with Crippen molar-refractivity contribution in [3.63, 3.8) is 0 Å². The van der Waals surface area contributed by atoms with E-state index >= 15 is 0 Å². The topological polar surface area (TPSA) is 24.9 Å². The Morgan fingerprint density at radius 2 is 1.81 bits per heavy atom. The minimum atomic E-state index is 0.813. The number of anilines is 1. The first-order valence-electron chi connectivity index (χ1n) is 7.59. The van der Waals surface area contributed by atoms with Crippen molar-refractivity contribution in [1.29, 1.82) is 0 Å². The van der Waals surface area contributed by atoms with Crippen molar-refractivity contribution in [2.24, 2.45) is 0 Å². The lowest BCUT2D eigenvalue weighted by Gasteiger charge is -2.10. The standard InChI is InChI=1S/C19H18N2/c1-2-9-17-14(5-1)6-3-8-16(17)13-20-19-12-11-15-7-4-10-18(15)21-19/h1-3,5-6,8-9,11-12H,4,7,10,13H2,(H,20,21). The molecule has 4 rings (SSSR count). The Balaban J connectivity index is 1.58. The number of pyridine rings is 1. The molecule has 1 N–H and O–H groups in total. The van der Waals surface area contributed by atoms with Gasteiger partial charge in [-0.1, -0.05) is 48.5 Å². The molecule has 2 heteroatoms. The van der Waals surface area contributed by atoms with Crippen molar-refractivity contribution in [2.45, 2.75) is 25.8 Å². The van der Waals surface area contributed by atoms with Crippen LogP contribution in [0, 0.1) is 0 Å². The molecule has 0 spiro atoms. The number of nitrogens with zero attached hydrogens (tertiary/aromatic N) is 1. The number of rotatable bonds is 3. The maximum Gasteiger partial charge on any atom is 0.126 e. The van der Waals surface area contributed by atoms with Crippen LogP contribution in [0.1, 0.15) is 23.2 Å². The summed E-state index contributed by atoms with van der Waals surface area (Å²) in [7, 11) is 0. The van der Waals surface area contributed by atoms with Crippen molar-refractivity contribution in [3.8, 4) is 0 Å². The lowest BCUT2D eigenvalue weighted by molar-refractivity contribution is 0.899. The number of benzene rings is 2. The third-order valence-electron chi connectivity index (χ3n) is 4.27. The van der Waals surface area contributed by atoms with Gasteiger partial charge in [0.25, 0.3) is 0 Å². The van der Waals surface area contributed by atoms with E-state index in [-0.39, 0.29) is 0 Å². The first kappa shape index (κ1) is 12.4. The minimum Gasteiger partial charge on any atom is -0.366 e. The van der Waals surface area contributed by atoms with E-state index in [0.29, 0.717) is 0 Å². The fraction of sp³-hybridized carbons (Fsp3) is 0.211. The highest BCUT2D eigenvalue weighted by Crippen LogP contribution is 2.23. The molecule has 1 heterocycles. The maximum absolute atomic E-state index is 4.74. The van der Waals surface area contributed by atoms with Gasteiger partial charge in [0.2, 0.25) is 0 Å². The average Bonchev–Trinajstić information content (AvgIpc) is 3.00. The summed E-state index contributed by atoms with van der Waals surface area (Å²) in [5, 5.41) is 6.08. The van der Waals surface area contributed by atoms with E-state index in [0.717, 1.165) is 18.8 Å². The highest BCUT2D eigenvalue weighted by atomic mass is 15.0. The third kappa shape index (κ3) is 2.38. The normalized spacial score (nSPS) is 13.3. The first-order chi connectivity index (χ1) is 10.4. The van der Waals surface area contributed by atoms with Gasteiger partial charge in [0.15, 0.2) is 0 Å². The molecule has 21 heavy (non-hydrogen) atoms. The summed E-state index contributed by atoms with van der Waals surface area (Å²) in [6, 6.07) is 19.3. The Morgan fingerprint density at radius 3 is 2.81 bits per heavy atom. The molecule has 0 unspecified atom stereocenters. The molecule has 0 saturated heterocycles. The Bertz CT molecular complexity index is 787. The molecule has 104 valence electrons. The largest absolute Gasteiger partial charge is 0.366 e. The van der Waals surface area contributed by atoms with Crippen LogP contribution in [0.5, 0.6) is 0 Å². The van der Waals surface area contributed by atoms with Gasteiger partial charge in [0.1, 0.15) is 5.82 Å². The van der Waals surface area contributed by atoms with E-state index in [2.05, 4.69) is 59.9 Å². The fourth-order valence-corrected chi connectivity index (χ4v) is 3.15. The second-order valence-corrected chi connectivity index (χ2v) is 5.65. The zero-order valence-corrected chi connectivity index (χ0v) is 12.0. The highest BCUT2D eigenvalue weighted by molar-refractivity contribution is 5.85. The van der Waals surface area contributed by atoms with Gasteiger partial charge >= 0.3 is 0 Å². The van der Waals surface area contributed by atoms with Gasteiger partial charge in [-0.2, -0.15) is 0 Å². The zero-order chi connectivity index (χ0) is 14.1. The molecule has 3 aromatic rings. The predicted molar refractivity (Wildman–Crippen MR) is 87.5 cm³/mol. The number of nitrogens with one attached hydrogen (secondary N) is 1. The van der Waals surface area contributed by atoms with Gasteiger partial charge < -0.3 is 5.32 Å². The first-order valence-corrected chi connectivity index (χ1v) is 7.59. The van der Waals surface area contributed by atoms with Crippen molar-refractivity contribution in [2.75, 3.05) is 5.32 Å². The molecule has 0 radical (unpaired) electrons. The lowest BCUT2D eigenvalue weighted by Crippen LogP contribution is -2.03.